The molecule has 2 heterocycles. The highest BCUT2D eigenvalue weighted by atomic mass is 16.2. The Morgan fingerprint density at radius 1 is 1.12 bits per heavy atom. The van der Waals surface area contributed by atoms with E-state index in [-0.39, 0.29) is 11.9 Å². The third-order valence-corrected chi connectivity index (χ3v) is 4.69. The van der Waals surface area contributed by atoms with Crippen LogP contribution >= 0.6 is 0 Å². The monoisotopic (exact) mass is 343 g/mol. The maximum absolute atomic E-state index is 12.2. The molecule has 0 atom stereocenters. The van der Waals surface area contributed by atoms with E-state index in [2.05, 4.69) is 20.9 Å². The number of amides is 3. The average molecular weight is 343 g/mol. The van der Waals surface area contributed by atoms with Crippen LogP contribution in [0.3, 0.4) is 0 Å². The Hall–Kier alpha value is -2.57. The van der Waals surface area contributed by atoms with Crippen molar-refractivity contribution in [3.8, 4) is 0 Å². The first-order valence-corrected chi connectivity index (χ1v) is 8.76. The van der Waals surface area contributed by atoms with Crippen molar-refractivity contribution in [3.63, 3.8) is 0 Å². The van der Waals surface area contributed by atoms with Crippen molar-refractivity contribution >= 4 is 23.0 Å². The molecule has 0 radical (unpaired) electrons. The molecule has 7 nitrogen and oxygen atoms in total. The second-order valence-electron chi connectivity index (χ2n) is 6.38. The molecule has 25 heavy (non-hydrogen) atoms. The van der Waals surface area contributed by atoms with E-state index in [1.165, 1.54) is 0 Å². The van der Waals surface area contributed by atoms with Gasteiger partial charge >= 0.3 is 6.03 Å². The number of carbonyl (C=O) groups is 2. The fourth-order valence-electron chi connectivity index (χ4n) is 3.25. The van der Waals surface area contributed by atoms with E-state index < -0.39 is 0 Å². The Bertz CT molecular complexity index is 762. The number of benzene rings is 1. The van der Waals surface area contributed by atoms with E-state index in [4.69, 9.17) is 0 Å². The maximum Gasteiger partial charge on any atom is 0.317 e. The Morgan fingerprint density at radius 2 is 1.80 bits per heavy atom. The summed E-state index contributed by atoms with van der Waals surface area (Å²) < 4.78 is 2.19. The number of nitrogens with one attached hydrogen (secondary N) is 1. The first kappa shape index (κ1) is 17.3. The molecule has 0 aliphatic carbocycles. The number of carbonyl (C=O) groups excluding carboxylic acids is 2. The molecule has 1 aromatic heterocycles. The van der Waals surface area contributed by atoms with E-state index in [1.54, 1.807) is 16.7 Å². The Labute approximate surface area is 147 Å². The molecule has 134 valence electrons. The molecule has 1 aliphatic heterocycles. The van der Waals surface area contributed by atoms with Gasteiger partial charge in [-0.1, -0.05) is 12.1 Å². The molecule has 2 aromatic rings. The van der Waals surface area contributed by atoms with Crippen molar-refractivity contribution in [1.82, 2.24) is 24.7 Å². The molecular weight excluding hydrogens is 318 g/mol. The zero-order valence-electron chi connectivity index (χ0n) is 14.9. The number of piperazine rings is 1. The molecule has 1 N–H and O–H groups in total. The van der Waals surface area contributed by atoms with Crippen LogP contribution in [-0.4, -0.2) is 64.0 Å². The van der Waals surface area contributed by atoms with E-state index in [0.717, 1.165) is 29.8 Å². The van der Waals surface area contributed by atoms with Gasteiger partial charge in [-0.2, -0.15) is 0 Å². The molecule has 0 unspecified atom stereocenters. The van der Waals surface area contributed by atoms with Gasteiger partial charge in [-0.3, -0.25) is 4.79 Å². The van der Waals surface area contributed by atoms with Gasteiger partial charge < -0.3 is 19.7 Å². The van der Waals surface area contributed by atoms with Gasteiger partial charge in [0.25, 0.3) is 0 Å². The molecule has 1 aliphatic rings. The van der Waals surface area contributed by atoms with Gasteiger partial charge in [0.15, 0.2) is 0 Å². The molecule has 0 spiro atoms. The van der Waals surface area contributed by atoms with Crippen LogP contribution in [0.25, 0.3) is 11.0 Å². The van der Waals surface area contributed by atoms with Crippen molar-refractivity contribution in [2.45, 2.75) is 26.8 Å². The van der Waals surface area contributed by atoms with Gasteiger partial charge in [-0.15, -0.1) is 0 Å². The summed E-state index contributed by atoms with van der Waals surface area (Å²) in [6, 6.07) is 8.05. The fourth-order valence-corrected chi connectivity index (χ4v) is 3.25. The second-order valence-corrected chi connectivity index (χ2v) is 6.38. The van der Waals surface area contributed by atoms with Gasteiger partial charge in [0, 0.05) is 46.2 Å². The first-order chi connectivity index (χ1) is 12.1. The second kappa shape index (κ2) is 7.55. The summed E-state index contributed by atoms with van der Waals surface area (Å²) in [4.78, 5) is 31.6. The van der Waals surface area contributed by atoms with Crippen LogP contribution in [0.15, 0.2) is 24.3 Å². The predicted molar refractivity (Wildman–Crippen MR) is 96.3 cm³/mol. The lowest BCUT2D eigenvalue weighted by molar-refractivity contribution is -0.130. The van der Waals surface area contributed by atoms with Crippen molar-refractivity contribution in [3.05, 3.63) is 30.1 Å². The highest BCUT2D eigenvalue weighted by molar-refractivity contribution is 5.76. The number of urea groups is 1. The van der Waals surface area contributed by atoms with Crippen molar-refractivity contribution in [1.29, 1.82) is 0 Å². The number of para-hydroxylation sites is 2. The third-order valence-electron chi connectivity index (χ3n) is 4.69. The number of fused-ring (bicyclic) bond motifs is 1. The van der Waals surface area contributed by atoms with Gasteiger partial charge in [-0.25, -0.2) is 9.78 Å². The number of hydrogen-bond acceptors (Lipinski definition) is 3. The minimum atomic E-state index is -0.0459. The standard InChI is InChI=1S/C18H25N5O2/c1-14-20-16-6-3-4-7-17(16)23(14)9-5-8-19-18(25)22-12-10-21(11-13-22)15(2)24/h3-4,6-7H,5,8-13H2,1-2H3,(H,19,25). The lowest BCUT2D eigenvalue weighted by atomic mass is 10.3. The van der Waals surface area contributed by atoms with E-state index in [0.29, 0.717) is 32.7 Å². The highest BCUT2D eigenvalue weighted by Crippen LogP contribution is 2.15. The normalized spacial score (nSPS) is 14.8. The molecular formula is C18H25N5O2. The number of rotatable bonds is 4. The van der Waals surface area contributed by atoms with Crippen LogP contribution in [-0.2, 0) is 11.3 Å². The average Bonchev–Trinajstić information content (AvgIpc) is 2.94. The summed E-state index contributed by atoms with van der Waals surface area (Å²) in [5.74, 6) is 1.07. The summed E-state index contributed by atoms with van der Waals surface area (Å²) >= 11 is 0. The summed E-state index contributed by atoms with van der Waals surface area (Å²) in [6.07, 6.45) is 0.848. The lowest BCUT2D eigenvalue weighted by Crippen LogP contribution is -2.52. The van der Waals surface area contributed by atoms with Gasteiger partial charge in [0.2, 0.25) is 5.91 Å². The molecule has 0 saturated carbocycles. The number of aromatic nitrogens is 2. The van der Waals surface area contributed by atoms with Crippen LogP contribution < -0.4 is 5.32 Å². The summed E-state index contributed by atoms with van der Waals surface area (Å²) in [5.41, 5.74) is 2.14. The smallest absolute Gasteiger partial charge is 0.317 e. The Morgan fingerprint density at radius 3 is 2.52 bits per heavy atom. The van der Waals surface area contributed by atoms with Gasteiger partial charge in [0.05, 0.1) is 11.0 Å². The van der Waals surface area contributed by atoms with E-state index in [1.807, 2.05) is 25.1 Å². The minimum absolute atomic E-state index is 0.0459. The summed E-state index contributed by atoms with van der Waals surface area (Å²) in [6.45, 7) is 7.44. The van der Waals surface area contributed by atoms with Gasteiger partial charge in [-0.05, 0) is 25.5 Å². The minimum Gasteiger partial charge on any atom is -0.339 e. The van der Waals surface area contributed by atoms with Crippen LogP contribution in [0.5, 0.6) is 0 Å². The van der Waals surface area contributed by atoms with Crippen molar-refractivity contribution in [2.24, 2.45) is 0 Å². The zero-order valence-corrected chi connectivity index (χ0v) is 14.9. The predicted octanol–water partition coefficient (Wildman–Crippen LogP) is 1.61. The summed E-state index contributed by atoms with van der Waals surface area (Å²) in [5, 5.41) is 2.98. The molecule has 3 amide bonds. The maximum atomic E-state index is 12.2. The number of hydrogen-bond donors (Lipinski definition) is 1. The SMILES string of the molecule is CC(=O)N1CCN(C(=O)NCCCn2c(C)nc3ccccc32)CC1. The molecule has 1 aromatic carbocycles. The molecule has 1 fully saturated rings. The third kappa shape index (κ3) is 3.92. The molecule has 0 bridgehead atoms. The van der Waals surface area contributed by atoms with Crippen molar-refractivity contribution < 1.29 is 9.59 Å². The number of imidazole rings is 1. The van der Waals surface area contributed by atoms with Gasteiger partial charge in [0.1, 0.15) is 5.82 Å². The van der Waals surface area contributed by atoms with Crippen LogP contribution in [0.2, 0.25) is 0 Å². The number of aryl methyl sites for hydroxylation is 2. The topological polar surface area (TPSA) is 70.5 Å². The Balaban J connectivity index is 1.45. The van der Waals surface area contributed by atoms with E-state index in [9.17, 15) is 9.59 Å². The molecule has 1 saturated heterocycles. The summed E-state index contributed by atoms with van der Waals surface area (Å²) in [7, 11) is 0. The first-order valence-electron chi connectivity index (χ1n) is 8.76. The number of nitrogens with zero attached hydrogens (tertiary/aromatic N) is 4. The van der Waals surface area contributed by atoms with E-state index >= 15 is 0 Å². The molecule has 3 rings (SSSR count). The Kier molecular flexibility index (Phi) is 5.21. The highest BCUT2D eigenvalue weighted by Gasteiger charge is 2.21. The fraction of sp³-hybridized carbons (Fsp3) is 0.500. The molecule has 7 heteroatoms. The zero-order chi connectivity index (χ0) is 17.8. The van der Waals surface area contributed by atoms with Crippen LogP contribution in [0, 0.1) is 6.92 Å². The largest absolute Gasteiger partial charge is 0.339 e. The lowest BCUT2D eigenvalue weighted by Gasteiger charge is -2.34. The van der Waals surface area contributed by atoms with Crippen molar-refractivity contribution in [2.75, 3.05) is 32.7 Å². The van der Waals surface area contributed by atoms with Crippen LogP contribution in [0.1, 0.15) is 19.2 Å². The van der Waals surface area contributed by atoms with Crippen LogP contribution in [0.4, 0.5) is 4.79 Å². The quantitative estimate of drug-likeness (QED) is 0.858.